The molecule has 1 fully saturated rings. The molecular weight excluding hydrogens is 318 g/mol. The number of nitrogens with zero attached hydrogens (tertiary/aromatic N) is 3. The van der Waals surface area contributed by atoms with Gasteiger partial charge in [-0.25, -0.2) is 0 Å². The van der Waals surface area contributed by atoms with E-state index in [9.17, 15) is 4.79 Å². The van der Waals surface area contributed by atoms with Crippen molar-refractivity contribution in [1.82, 2.24) is 20.6 Å². The number of carbonyl (C=O) groups excluding carboxylic acids is 1. The summed E-state index contributed by atoms with van der Waals surface area (Å²) in [6.45, 7) is 1.85. The van der Waals surface area contributed by atoms with Gasteiger partial charge in [-0.2, -0.15) is 5.21 Å². The SMILES string of the molecule is C[C@]1(C(=O)Nc2nn[nH]n2)CC1(Br)Br. The Morgan fingerprint density at radius 1 is 1.64 bits per heavy atom. The van der Waals surface area contributed by atoms with Crippen LogP contribution >= 0.6 is 31.9 Å². The van der Waals surface area contributed by atoms with Gasteiger partial charge < -0.3 is 0 Å². The van der Waals surface area contributed by atoms with Crippen LogP contribution in [0.2, 0.25) is 0 Å². The van der Waals surface area contributed by atoms with Crippen LogP contribution in [-0.4, -0.2) is 29.8 Å². The number of alkyl halides is 2. The van der Waals surface area contributed by atoms with Crippen molar-refractivity contribution in [2.45, 2.75) is 16.6 Å². The van der Waals surface area contributed by atoms with Gasteiger partial charge in [-0.3, -0.25) is 10.1 Å². The molecule has 1 aliphatic carbocycles. The zero-order chi connectivity index (χ0) is 10.4. The molecule has 0 saturated heterocycles. The molecule has 0 spiro atoms. The Bertz CT molecular complexity index is 364. The third-order valence-electron chi connectivity index (χ3n) is 2.33. The van der Waals surface area contributed by atoms with E-state index in [1.165, 1.54) is 0 Å². The summed E-state index contributed by atoms with van der Waals surface area (Å²) in [4.78, 5) is 11.7. The normalized spacial score (nSPS) is 28.5. The van der Waals surface area contributed by atoms with Crippen LogP contribution in [0.1, 0.15) is 13.3 Å². The molecule has 2 rings (SSSR count). The molecule has 0 aliphatic heterocycles. The Labute approximate surface area is 96.5 Å². The fraction of sp³-hybridized carbons (Fsp3) is 0.667. The molecule has 0 bridgehead atoms. The predicted octanol–water partition coefficient (Wildman–Crippen LogP) is 1.03. The fourth-order valence-corrected chi connectivity index (χ4v) is 2.58. The summed E-state index contributed by atoms with van der Waals surface area (Å²) in [7, 11) is 0. The highest BCUT2D eigenvalue weighted by molar-refractivity contribution is 9.25. The molecule has 6 nitrogen and oxygen atoms in total. The van der Waals surface area contributed by atoms with Crippen molar-refractivity contribution in [3.8, 4) is 0 Å². The van der Waals surface area contributed by atoms with Gasteiger partial charge in [0.25, 0.3) is 5.95 Å². The molecule has 1 atom stereocenters. The van der Waals surface area contributed by atoms with E-state index >= 15 is 0 Å². The standard InChI is InChI=1S/C6H7Br2N5O/c1-5(2-6(5,7)8)3(14)9-4-10-12-13-11-4/h2H2,1H3,(H2,9,10,11,12,13,14)/t5-/m1/s1. The van der Waals surface area contributed by atoms with Gasteiger partial charge in [0.2, 0.25) is 5.91 Å². The smallest absolute Gasteiger partial charge is 0.269 e. The average molecular weight is 325 g/mol. The number of tetrazole rings is 1. The van der Waals surface area contributed by atoms with E-state index < -0.39 is 5.41 Å². The molecular formula is C6H7Br2N5O. The Hall–Kier alpha value is -0.500. The lowest BCUT2D eigenvalue weighted by Crippen LogP contribution is -2.26. The minimum Gasteiger partial charge on any atom is -0.291 e. The van der Waals surface area contributed by atoms with Crippen molar-refractivity contribution in [3.05, 3.63) is 0 Å². The van der Waals surface area contributed by atoms with Crippen molar-refractivity contribution >= 4 is 43.7 Å². The van der Waals surface area contributed by atoms with Gasteiger partial charge in [-0.05, 0) is 18.6 Å². The van der Waals surface area contributed by atoms with Crippen LogP contribution in [0, 0.1) is 5.41 Å². The summed E-state index contributed by atoms with van der Waals surface area (Å²) in [6, 6.07) is 0. The fourth-order valence-electron chi connectivity index (χ4n) is 1.10. The third-order valence-corrected chi connectivity index (χ3v) is 4.64. The van der Waals surface area contributed by atoms with Gasteiger partial charge in [0.15, 0.2) is 0 Å². The number of aromatic nitrogens is 4. The number of anilines is 1. The van der Waals surface area contributed by atoms with Crippen LogP contribution in [-0.2, 0) is 4.79 Å². The molecule has 2 N–H and O–H groups in total. The largest absolute Gasteiger partial charge is 0.291 e. The Kier molecular flexibility index (Phi) is 2.15. The highest BCUT2D eigenvalue weighted by atomic mass is 79.9. The highest BCUT2D eigenvalue weighted by Gasteiger charge is 2.66. The number of aromatic amines is 1. The summed E-state index contributed by atoms with van der Waals surface area (Å²) in [5.74, 6) is 0.0616. The molecule has 1 amide bonds. The average Bonchev–Trinajstić information content (AvgIpc) is 2.54. The van der Waals surface area contributed by atoms with Crippen molar-refractivity contribution < 1.29 is 4.79 Å². The van der Waals surface area contributed by atoms with Crippen molar-refractivity contribution in [3.63, 3.8) is 0 Å². The van der Waals surface area contributed by atoms with E-state index in [4.69, 9.17) is 0 Å². The molecule has 0 aromatic carbocycles. The maximum atomic E-state index is 11.7. The number of hydrogen-bond donors (Lipinski definition) is 2. The van der Waals surface area contributed by atoms with Crippen LogP contribution in [0.3, 0.4) is 0 Å². The monoisotopic (exact) mass is 323 g/mol. The first-order valence-electron chi connectivity index (χ1n) is 3.88. The van der Waals surface area contributed by atoms with E-state index in [-0.39, 0.29) is 15.1 Å². The second-order valence-electron chi connectivity index (χ2n) is 3.40. The molecule has 8 heteroatoms. The first-order valence-corrected chi connectivity index (χ1v) is 5.47. The van der Waals surface area contributed by atoms with Crippen molar-refractivity contribution in [2.75, 3.05) is 5.32 Å². The van der Waals surface area contributed by atoms with E-state index in [1.54, 1.807) is 0 Å². The number of amides is 1. The van der Waals surface area contributed by atoms with Gasteiger partial charge in [0.05, 0.1) is 8.65 Å². The number of rotatable bonds is 2. The quantitative estimate of drug-likeness (QED) is 0.796. The van der Waals surface area contributed by atoms with Gasteiger partial charge in [0, 0.05) is 0 Å². The van der Waals surface area contributed by atoms with Crippen LogP contribution in [0.25, 0.3) is 0 Å². The summed E-state index contributed by atoms with van der Waals surface area (Å²) in [5.41, 5.74) is -0.465. The molecule has 1 aliphatic rings. The summed E-state index contributed by atoms with van der Waals surface area (Å²) in [5, 5.41) is 15.4. The lowest BCUT2D eigenvalue weighted by Gasteiger charge is -2.09. The molecule has 1 saturated carbocycles. The minimum absolute atomic E-state index is 0.132. The van der Waals surface area contributed by atoms with Gasteiger partial charge in [0.1, 0.15) is 0 Å². The zero-order valence-corrected chi connectivity index (χ0v) is 10.4. The van der Waals surface area contributed by atoms with Gasteiger partial charge >= 0.3 is 0 Å². The Morgan fingerprint density at radius 2 is 2.29 bits per heavy atom. The van der Waals surface area contributed by atoms with Crippen LogP contribution < -0.4 is 5.32 Å². The van der Waals surface area contributed by atoms with E-state index in [0.717, 1.165) is 6.42 Å². The zero-order valence-electron chi connectivity index (χ0n) is 7.21. The predicted molar refractivity (Wildman–Crippen MR) is 56.1 cm³/mol. The third kappa shape index (κ3) is 1.46. The van der Waals surface area contributed by atoms with Crippen molar-refractivity contribution in [1.29, 1.82) is 0 Å². The topological polar surface area (TPSA) is 83.6 Å². The summed E-state index contributed by atoms with van der Waals surface area (Å²) in [6.07, 6.45) is 0.726. The van der Waals surface area contributed by atoms with Gasteiger partial charge in [-0.15, -0.1) is 5.10 Å². The van der Waals surface area contributed by atoms with Crippen LogP contribution in [0.15, 0.2) is 0 Å². The summed E-state index contributed by atoms with van der Waals surface area (Å²) < 4.78 is -0.305. The molecule has 76 valence electrons. The van der Waals surface area contributed by atoms with Crippen LogP contribution in [0.5, 0.6) is 0 Å². The summed E-state index contributed by atoms with van der Waals surface area (Å²) >= 11 is 6.81. The molecule has 1 aromatic heterocycles. The second-order valence-corrected chi connectivity index (χ2v) is 7.17. The molecule has 1 heterocycles. The van der Waals surface area contributed by atoms with Crippen LogP contribution in [0.4, 0.5) is 5.95 Å². The number of carbonyl (C=O) groups is 1. The number of hydrogen-bond acceptors (Lipinski definition) is 4. The molecule has 1 aromatic rings. The minimum atomic E-state index is -0.465. The molecule has 14 heavy (non-hydrogen) atoms. The lowest BCUT2D eigenvalue weighted by atomic mass is 10.1. The van der Waals surface area contributed by atoms with Gasteiger partial charge in [-0.1, -0.05) is 37.0 Å². The van der Waals surface area contributed by atoms with E-state index in [2.05, 4.69) is 57.8 Å². The first-order chi connectivity index (χ1) is 6.46. The number of halogens is 2. The Morgan fingerprint density at radius 3 is 2.71 bits per heavy atom. The van der Waals surface area contributed by atoms with E-state index in [0.29, 0.717) is 0 Å². The molecule has 0 unspecified atom stereocenters. The number of nitrogens with one attached hydrogen (secondary N) is 2. The number of H-pyrrole nitrogens is 1. The first kappa shape index (κ1) is 10.0. The Balaban J connectivity index is 2.05. The molecule has 0 radical (unpaired) electrons. The second kappa shape index (κ2) is 2.99. The lowest BCUT2D eigenvalue weighted by molar-refractivity contribution is -0.120. The highest BCUT2D eigenvalue weighted by Crippen LogP contribution is 2.66. The maximum absolute atomic E-state index is 11.7. The van der Waals surface area contributed by atoms with Crippen molar-refractivity contribution in [2.24, 2.45) is 5.41 Å². The maximum Gasteiger partial charge on any atom is 0.269 e. The van der Waals surface area contributed by atoms with E-state index in [1.807, 2.05) is 6.92 Å².